The summed E-state index contributed by atoms with van der Waals surface area (Å²) in [5.41, 5.74) is 0.700. The summed E-state index contributed by atoms with van der Waals surface area (Å²) in [5.74, 6) is 0.216. The molecule has 1 N–H and O–H groups in total. The molecule has 20 heavy (non-hydrogen) atoms. The van der Waals surface area contributed by atoms with Gasteiger partial charge in [-0.25, -0.2) is 4.39 Å². The molecule has 2 heterocycles. The number of ether oxygens (including phenoxy) is 1. The highest BCUT2D eigenvalue weighted by atomic mass is 35.5. The molecule has 0 saturated carbocycles. The van der Waals surface area contributed by atoms with Gasteiger partial charge in [-0.1, -0.05) is 30.7 Å². The van der Waals surface area contributed by atoms with Crippen molar-refractivity contribution in [3.8, 4) is 0 Å². The molecule has 2 saturated heterocycles. The summed E-state index contributed by atoms with van der Waals surface area (Å²) in [5, 5.41) is 3.72. The van der Waals surface area contributed by atoms with E-state index >= 15 is 0 Å². The van der Waals surface area contributed by atoms with Crippen molar-refractivity contribution in [2.45, 2.75) is 50.9 Å². The van der Waals surface area contributed by atoms with Gasteiger partial charge in [-0.15, -0.1) is 0 Å². The molecule has 0 radical (unpaired) electrons. The predicted molar refractivity (Wildman–Crippen MR) is 78.6 cm³/mol. The summed E-state index contributed by atoms with van der Waals surface area (Å²) in [7, 11) is 0. The Hall–Kier alpha value is -0.640. The summed E-state index contributed by atoms with van der Waals surface area (Å²) in [4.78, 5) is 0. The fourth-order valence-electron chi connectivity index (χ4n) is 3.68. The second-order valence-corrected chi connectivity index (χ2v) is 6.26. The first-order chi connectivity index (χ1) is 9.69. The van der Waals surface area contributed by atoms with E-state index in [0.717, 1.165) is 19.4 Å². The lowest BCUT2D eigenvalue weighted by Gasteiger charge is -2.29. The normalized spacial score (nSPS) is 29.9. The van der Waals surface area contributed by atoms with Crippen LogP contribution in [0.25, 0.3) is 0 Å². The molecule has 4 atom stereocenters. The van der Waals surface area contributed by atoms with E-state index in [1.807, 2.05) is 12.1 Å². The third kappa shape index (κ3) is 2.72. The van der Waals surface area contributed by atoms with E-state index in [1.54, 1.807) is 6.07 Å². The van der Waals surface area contributed by atoms with Gasteiger partial charge in [0.15, 0.2) is 0 Å². The Labute approximate surface area is 124 Å². The van der Waals surface area contributed by atoms with E-state index < -0.39 is 0 Å². The smallest absolute Gasteiger partial charge is 0.145 e. The van der Waals surface area contributed by atoms with E-state index in [9.17, 15) is 4.39 Å². The average Bonchev–Trinajstić information content (AvgIpc) is 3.05. The largest absolute Gasteiger partial charge is 0.375 e. The Morgan fingerprint density at radius 2 is 2.30 bits per heavy atom. The standard InChI is InChI=1S/C16H21ClFNO/c1-2-19-14(12-9-11-6-7-15(12)20-11)8-10-4-3-5-13(17)16(10)18/h3-5,11-12,14-15,19H,2,6-9H2,1H3. The maximum absolute atomic E-state index is 14.1. The zero-order chi connectivity index (χ0) is 14.1. The zero-order valence-corrected chi connectivity index (χ0v) is 12.5. The molecule has 0 spiro atoms. The van der Waals surface area contributed by atoms with E-state index in [0.29, 0.717) is 30.1 Å². The van der Waals surface area contributed by atoms with Gasteiger partial charge in [-0.3, -0.25) is 0 Å². The Balaban J connectivity index is 1.76. The first-order valence-corrected chi connectivity index (χ1v) is 7.88. The fourth-order valence-corrected chi connectivity index (χ4v) is 3.87. The molecule has 110 valence electrons. The topological polar surface area (TPSA) is 21.3 Å². The lowest BCUT2D eigenvalue weighted by molar-refractivity contribution is 0.0858. The molecule has 0 aliphatic carbocycles. The van der Waals surface area contributed by atoms with Crippen molar-refractivity contribution < 1.29 is 9.13 Å². The van der Waals surface area contributed by atoms with Crippen molar-refractivity contribution in [1.82, 2.24) is 5.32 Å². The van der Waals surface area contributed by atoms with Crippen molar-refractivity contribution in [3.05, 3.63) is 34.6 Å². The number of halogens is 2. The first kappa shape index (κ1) is 14.3. The van der Waals surface area contributed by atoms with Crippen LogP contribution in [0.5, 0.6) is 0 Å². The monoisotopic (exact) mass is 297 g/mol. The van der Waals surface area contributed by atoms with Crippen LogP contribution >= 0.6 is 11.6 Å². The molecule has 1 aromatic rings. The number of hydrogen-bond acceptors (Lipinski definition) is 2. The number of nitrogens with one attached hydrogen (secondary N) is 1. The predicted octanol–water partition coefficient (Wildman–Crippen LogP) is 3.57. The van der Waals surface area contributed by atoms with Gasteiger partial charge in [0.05, 0.1) is 17.2 Å². The Morgan fingerprint density at radius 1 is 1.45 bits per heavy atom. The summed E-state index contributed by atoms with van der Waals surface area (Å²) < 4.78 is 20.0. The van der Waals surface area contributed by atoms with E-state index in [2.05, 4.69) is 12.2 Å². The van der Waals surface area contributed by atoms with Gasteiger partial charge in [0, 0.05) is 12.0 Å². The van der Waals surface area contributed by atoms with E-state index in [1.165, 1.54) is 6.42 Å². The van der Waals surface area contributed by atoms with Gasteiger partial charge in [-0.2, -0.15) is 0 Å². The molecule has 2 bridgehead atoms. The van der Waals surface area contributed by atoms with Crippen LogP contribution in [-0.2, 0) is 11.2 Å². The van der Waals surface area contributed by atoms with Gasteiger partial charge in [0.2, 0.25) is 0 Å². The van der Waals surface area contributed by atoms with Crippen molar-refractivity contribution in [3.63, 3.8) is 0 Å². The minimum Gasteiger partial charge on any atom is -0.375 e. The Kier molecular flexibility index (Phi) is 4.29. The second-order valence-electron chi connectivity index (χ2n) is 5.85. The summed E-state index contributed by atoms with van der Waals surface area (Å²) >= 11 is 5.88. The molecule has 2 fully saturated rings. The average molecular weight is 298 g/mol. The molecule has 4 unspecified atom stereocenters. The number of hydrogen-bond donors (Lipinski definition) is 1. The molecular formula is C16H21ClFNO. The van der Waals surface area contributed by atoms with Gasteiger partial charge in [-0.05, 0) is 43.9 Å². The highest BCUT2D eigenvalue weighted by Crippen LogP contribution is 2.41. The first-order valence-electron chi connectivity index (χ1n) is 7.50. The Morgan fingerprint density at radius 3 is 2.95 bits per heavy atom. The highest BCUT2D eigenvalue weighted by molar-refractivity contribution is 6.30. The van der Waals surface area contributed by atoms with Crippen LogP contribution in [0.3, 0.4) is 0 Å². The van der Waals surface area contributed by atoms with Crippen LogP contribution in [-0.4, -0.2) is 24.8 Å². The zero-order valence-electron chi connectivity index (χ0n) is 11.7. The van der Waals surface area contributed by atoms with Crippen LogP contribution in [0, 0.1) is 11.7 Å². The quantitative estimate of drug-likeness (QED) is 0.897. The molecule has 0 aromatic heterocycles. The third-order valence-corrected chi connectivity index (χ3v) is 4.90. The molecule has 2 aliphatic rings. The van der Waals surface area contributed by atoms with Crippen molar-refractivity contribution in [2.75, 3.05) is 6.54 Å². The van der Waals surface area contributed by atoms with Gasteiger partial charge >= 0.3 is 0 Å². The highest BCUT2D eigenvalue weighted by Gasteiger charge is 2.44. The van der Waals surface area contributed by atoms with E-state index in [-0.39, 0.29) is 16.9 Å². The summed E-state index contributed by atoms with van der Waals surface area (Å²) in [6.45, 7) is 2.98. The van der Waals surface area contributed by atoms with Crippen molar-refractivity contribution >= 4 is 11.6 Å². The van der Waals surface area contributed by atoms with Crippen LogP contribution in [0.4, 0.5) is 4.39 Å². The summed E-state index contributed by atoms with van der Waals surface area (Å²) in [6.07, 6.45) is 4.89. The van der Waals surface area contributed by atoms with Crippen LogP contribution in [0.15, 0.2) is 18.2 Å². The molecule has 3 rings (SSSR count). The molecular weight excluding hydrogens is 277 g/mol. The maximum atomic E-state index is 14.1. The van der Waals surface area contributed by atoms with Crippen LogP contribution in [0.2, 0.25) is 5.02 Å². The van der Waals surface area contributed by atoms with Crippen LogP contribution in [0.1, 0.15) is 31.7 Å². The van der Waals surface area contributed by atoms with Crippen molar-refractivity contribution in [1.29, 1.82) is 0 Å². The van der Waals surface area contributed by atoms with Crippen LogP contribution < -0.4 is 5.32 Å². The number of rotatable bonds is 5. The summed E-state index contributed by atoms with van der Waals surface area (Å²) in [6, 6.07) is 5.52. The molecule has 2 aliphatic heterocycles. The number of benzene rings is 1. The number of fused-ring (bicyclic) bond motifs is 2. The van der Waals surface area contributed by atoms with Gasteiger partial charge in [0.1, 0.15) is 5.82 Å². The van der Waals surface area contributed by atoms with Gasteiger partial charge < -0.3 is 10.1 Å². The lowest BCUT2D eigenvalue weighted by atomic mass is 9.81. The molecule has 4 heteroatoms. The fraction of sp³-hybridized carbons (Fsp3) is 0.625. The minimum absolute atomic E-state index is 0.210. The van der Waals surface area contributed by atoms with E-state index in [4.69, 9.17) is 16.3 Å². The minimum atomic E-state index is -0.277. The third-order valence-electron chi connectivity index (χ3n) is 4.61. The van der Waals surface area contributed by atoms with Gasteiger partial charge in [0.25, 0.3) is 0 Å². The molecule has 0 amide bonds. The number of likely N-dealkylation sites (N-methyl/N-ethyl adjacent to an activating group) is 1. The molecule has 2 nitrogen and oxygen atoms in total. The molecule has 1 aromatic carbocycles. The SMILES string of the molecule is CCNC(Cc1cccc(Cl)c1F)C1CC2CCC1O2. The maximum Gasteiger partial charge on any atom is 0.145 e. The van der Waals surface area contributed by atoms with Crippen molar-refractivity contribution in [2.24, 2.45) is 5.92 Å². The second kappa shape index (κ2) is 6.00. The Bertz CT molecular complexity index is 482. The lowest BCUT2D eigenvalue weighted by Crippen LogP contribution is -2.42.